The summed E-state index contributed by atoms with van der Waals surface area (Å²) in [7, 11) is 0. The maximum Gasteiger partial charge on any atom is 0.220 e. The van der Waals surface area contributed by atoms with Crippen molar-refractivity contribution in [1.82, 2.24) is 0 Å². The maximum absolute atomic E-state index is 5.60. The van der Waals surface area contributed by atoms with Crippen LogP contribution in [0.15, 0.2) is 28.7 Å². The van der Waals surface area contributed by atoms with Crippen LogP contribution in [0, 0.1) is 0 Å². The van der Waals surface area contributed by atoms with Gasteiger partial charge in [0.2, 0.25) is 6.29 Å². The fourth-order valence-electron chi connectivity index (χ4n) is 1.36. The third kappa shape index (κ3) is 1.99. The Balaban J connectivity index is 2.23. The zero-order valence-electron chi connectivity index (χ0n) is 7.87. The van der Waals surface area contributed by atoms with Gasteiger partial charge in [0.05, 0.1) is 0 Å². The zero-order valence-corrected chi connectivity index (χ0v) is 9.45. The predicted octanol–water partition coefficient (Wildman–Crippen LogP) is 3.22. The van der Waals surface area contributed by atoms with Gasteiger partial charge in [0, 0.05) is 16.6 Å². The molecule has 1 unspecified atom stereocenters. The molecule has 0 saturated carbocycles. The largest absolute Gasteiger partial charge is 0.461 e. The first-order valence-electron chi connectivity index (χ1n) is 4.55. The van der Waals surface area contributed by atoms with Crippen LogP contribution in [0.2, 0.25) is 0 Å². The molecule has 0 N–H and O–H groups in total. The molecule has 14 heavy (non-hydrogen) atoms. The standard InChI is InChI=1S/C11H11BrO2/c1-2-13-11-6-3-8-7-9(12)4-5-10(8)14-11/h3-7,11H,2H2,1H3. The molecule has 3 heteroatoms. The molecular weight excluding hydrogens is 244 g/mol. The summed E-state index contributed by atoms with van der Waals surface area (Å²) in [4.78, 5) is 0. The average Bonchev–Trinajstić information content (AvgIpc) is 2.19. The molecule has 2 nitrogen and oxygen atoms in total. The van der Waals surface area contributed by atoms with Gasteiger partial charge in [-0.05, 0) is 37.3 Å². The highest BCUT2D eigenvalue weighted by Crippen LogP contribution is 2.28. The van der Waals surface area contributed by atoms with E-state index in [2.05, 4.69) is 15.9 Å². The molecule has 0 aromatic heterocycles. The van der Waals surface area contributed by atoms with E-state index < -0.39 is 0 Å². The zero-order chi connectivity index (χ0) is 9.97. The Morgan fingerprint density at radius 2 is 2.36 bits per heavy atom. The first-order valence-corrected chi connectivity index (χ1v) is 5.35. The molecule has 0 fully saturated rings. The van der Waals surface area contributed by atoms with Gasteiger partial charge >= 0.3 is 0 Å². The number of hydrogen-bond acceptors (Lipinski definition) is 2. The Morgan fingerprint density at radius 3 is 3.14 bits per heavy atom. The molecule has 1 atom stereocenters. The molecule has 0 spiro atoms. The average molecular weight is 255 g/mol. The smallest absolute Gasteiger partial charge is 0.220 e. The fourth-order valence-corrected chi connectivity index (χ4v) is 1.74. The Morgan fingerprint density at radius 1 is 1.50 bits per heavy atom. The molecule has 0 aliphatic carbocycles. The third-order valence-corrected chi connectivity index (χ3v) is 2.47. The van der Waals surface area contributed by atoms with E-state index in [-0.39, 0.29) is 6.29 Å². The fraction of sp³-hybridized carbons (Fsp3) is 0.273. The first kappa shape index (κ1) is 9.74. The summed E-state index contributed by atoms with van der Waals surface area (Å²) >= 11 is 3.42. The minimum atomic E-state index is -0.242. The summed E-state index contributed by atoms with van der Waals surface area (Å²) in [6, 6.07) is 5.92. The van der Waals surface area contributed by atoms with Crippen LogP contribution >= 0.6 is 15.9 Å². The van der Waals surface area contributed by atoms with Crippen LogP contribution in [-0.4, -0.2) is 12.9 Å². The van der Waals surface area contributed by atoms with Crippen molar-refractivity contribution in [2.45, 2.75) is 13.2 Å². The summed E-state index contributed by atoms with van der Waals surface area (Å²) in [6.07, 6.45) is 3.69. The molecule has 0 saturated heterocycles. The van der Waals surface area contributed by atoms with Gasteiger partial charge in [0.15, 0.2) is 0 Å². The van der Waals surface area contributed by atoms with Crippen LogP contribution < -0.4 is 4.74 Å². The van der Waals surface area contributed by atoms with E-state index in [1.54, 1.807) is 0 Å². The van der Waals surface area contributed by atoms with Gasteiger partial charge in [-0.3, -0.25) is 0 Å². The van der Waals surface area contributed by atoms with Gasteiger partial charge in [-0.2, -0.15) is 0 Å². The molecular formula is C11H11BrO2. The molecule has 1 heterocycles. The van der Waals surface area contributed by atoms with Crippen molar-refractivity contribution in [3.05, 3.63) is 34.3 Å². The first-order chi connectivity index (χ1) is 6.79. The van der Waals surface area contributed by atoms with Crippen LogP contribution in [0.5, 0.6) is 5.75 Å². The molecule has 0 radical (unpaired) electrons. The SMILES string of the molecule is CCOC1C=Cc2cc(Br)ccc2O1. The highest BCUT2D eigenvalue weighted by atomic mass is 79.9. The molecule has 0 amide bonds. The molecule has 1 aliphatic rings. The van der Waals surface area contributed by atoms with E-state index in [1.165, 1.54) is 0 Å². The van der Waals surface area contributed by atoms with Crippen LogP contribution in [0.3, 0.4) is 0 Å². The number of hydrogen-bond donors (Lipinski definition) is 0. The van der Waals surface area contributed by atoms with E-state index in [0.717, 1.165) is 15.8 Å². The Hall–Kier alpha value is -0.800. The summed E-state index contributed by atoms with van der Waals surface area (Å²) in [5.41, 5.74) is 1.08. The van der Waals surface area contributed by atoms with Crippen molar-refractivity contribution in [3.8, 4) is 5.75 Å². The van der Waals surface area contributed by atoms with E-state index in [0.29, 0.717) is 6.61 Å². The molecule has 1 aliphatic heterocycles. The second-order valence-corrected chi connectivity index (χ2v) is 3.90. The molecule has 1 aromatic rings. The lowest BCUT2D eigenvalue weighted by Gasteiger charge is -2.20. The van der Waals surface area contributed by atoms with E-state index in [1.807, 2.05) is 37.3 Å². The predicted molar refractivity (Wildman–Crippen MR) is 59.2 cm³/mol. The second kappa shape index (κ2) is 4.15. The van der Waals surface area contributed by atoms with Crippen molar-refractivity contribution < 1.29 is 9.47 Å². The van der Waals surface area contributed by atoms with Crippen molar-refractivity contribution in [2.75, 3.05) is 6.61 Å². The summed E-state index contributed by atoms with van der Waals surface area (Å²) in [5.74, 6) is 0.870. The third-order valence-electron chi connectivity index (χ3n) is 1.98. The minimum absolute atomic E-state index is 0.242. The van der Waals surface area contributed by atoms with E-state index in [9.17, 15) is 0 Å². The quantitative estimate of drug-likeness (QED) is 0.807. The van der Waals surface area contributed by atoms with Crippen LogP contribution in [0.1, 0.15) is 12.5 Å². The van der Waals surface area contributed by atoms with Gasteiger partial charge in [-0.15, -0.1) is 0 Å². The maximum atomic E-state index is 5.60. The summed E-state index contributed by atoms with van der Waals surface area (Å²) in [5, 5.41) is 0. The topological polar surface area (TPSA) is 18.5 Å². The van der Waals surface area contributed by atoms with Gasteiger partial charge in [0.1, 0.15) is 5.75 Å². The normalized spacial score (nSPS) is 18.9. The van der Waals surface area contributed by atoms with E-state index >= 15 is 0 Å². The number of fused-ring (bicyclic) bond motifs is 1. The lowest BCUT2D eigenvalue weighted by Crippen LogP contribution is -2.20. The number of halogens is 1. The Bertz CT molecular complexity index is 360. The van der Waals surface area contributed by atoms with Gasteiger partial charge in [0.25, 0.3) is 0 Å². The van der Waals surface area contributed by atoms with Gasteiger partial charge < -0.3 is 9.47 Å². The van der Waals surface area contributed by atoms with Gasteiger partial charge in [-0.1, -0.05) is 15.9 Å². The lowest BCUT2D eigenvalue weighted by molar-refractivity contribution is -0.0414. The molecule has 74 valence electrons. The molecule has 0 bridgehead atoms. The van der Waals surface area contributed by atoms with Crippen molar-refractivity contribution >= 4 is 22.0 Å². The van der Waals surface area contributed by atoms with Gasteiger partial charge in [-0.25, -0.2) is 0 Å². The summed E-state index contributed by atoms with van der Waals surface area (Å²) < 4.78 is 12.0. The number of rotatable bonds is 2. The van der Waals surface area contributed by atoms with Crippen molar-refractivity contribution in [2.24, 2.45) is 0 Å². The number of ether oxygens (including phenoxy) is 2. The highest BCUT2D eigenvalue weighted by Gasteiger charge is 2.13. The Labute approximate surface area is 91.7 Å². The van der Waals surface area contributed by atoms with Crippen molar-refractivity contribution in [1.29, 1.82) is 0 Å². The second-order valence-electron chi connectivity index (χ2n) is 2.98. The van der Waals surface area contributed by atoms with Crippen LogP contribution in [0.4, 0.5) is 0 Å². The minimum Gasteiger partial charge on any atom is -0.461 e. The van der Waals surface area contributed by atoms with E-state index in [4.69, 9.17) is 9.47 Å². The Kier molecular flexibility index (Phi) is 2.89. The number of benzene rings is 1. The van der Waals surface area contributed by atoms with Crippen LogP contribution in [0.25, 0.3) is 6.08 Å². The van der Waals surface area contributed by atoms with Crippen molar-refractivity contribution in [3.63, 3.8) is 0 Å². The van der Waals surface area contributed by atoms with Crippen LogP contribution in [-0.2, 0) is 4.74 Å². The molecule has 1 aromatic carbocycles. The molecule has 2 rings (SSSR count). The highest BCUT2D eigenvalue weighted by molar-refractivity contribution is 9.10. The summed E-state index contributed by atoms with van der Waals surface area (Å²) in [6.45, 7) is 2.61. The lowest BCUT2D eigenvalue weighted by atomic mass is 10.1. The monoisotopic (exact) mass is 254 g/mol.